The number of hydrogen-bond acceptors (Lipinski definition) is 2. The number of hydrogen-bond donors (Lipinski definition) is 0. The maximum atomic E-state index is 4.93. The Morgan fingerprint density at radius 3 is 2.31 bits per heavy atom. The van der Waals surface area contributed by atoms with E-state index in [-0.39, 0.29) is 0 Å². The molecule has 0 aliphatic heterocycles. The molecular formula is C26H21N3. The second kappa shape index (κ2) is 6.02. The van der Waals surface area contributed by atoms with Crippen LogP contribution < -0.4 is 0 Å². The average molecular weight is 375 g/mol. The molecule has 0 saturated heterocycles. The Hall–Kier alpha value is -3.46. The van der Waals surface area contributed by atoms with E-state index in [0.717, 1.165) is 29.7 Å². The highest BCUT2D eigenvalue weighted by Crippen LogP contribution is 2.39. The van der Waals surface area contributed by atoms with Crippen molar-refractivity contribution in [2.24, 2.45) is 0 Å². The molecule has 0 aliphatic rings. The van der Waals surface area contributed by atoms with Crippen LogP contribution in [0.25, 0.3) is 49.4 Å². The number of aromatic nitrogens is 3. The van der Waals surface area contributed by atoms with Gasteiger partial charge in [-0.1, -0.05) is 62.4 Å². The molecule has 3 aromatic heterocycles. The SMILES string of the molecule is CCc1cccc(CC)c1-c1cnc2c3cccc4ccc5cncc(c5c43)n12. The minimum Gasteiger partial charge on any atom is -0.290 e. The third-order valence-electron chi connectivity index (χ3n) is 6.24. The molecule has 0 radical (unpaired) electrons. The highest BCUT2D eigenvalue weighted by atomic mass is 15.0. The summed E-state index contributed by atoms with van der Waals surface area (Å²) in [6.07, 6.45) is 8.00. The predicted octanol–water partition coefficient (Wildman–Crippen LogP) is 6.42. The largest absolute Gasteiger partial charge is 0.290 e. The molecule has 140 valence electrons. The summed E-state index contributed by atoms with van der Waals surface area (Å²) in [6, 6.07) is 17.5. The van der Waals surface area contributed by atoms with Gasteiger partial charge in [-0.05, 0) is 29.4 Å². The van der Waals surface area contributed by atoms with Gasteiger partial charge in [-0.2, -0.15) is 0 Å². The van der Waals surface area contributed by atoms with E-state index in [1.165, 1.54) is 43.6 Å². The number of rotatable bonds is 3. The van der Waals surface area contributed by atoms with Crippen molar-refractivity contribution >= 4 is 38.1 Å². The molecule has 0 aliphatic carbocycles. The van der Waals surface area contributed by atoms with Crippen molar-refractivity contribution in [3.8, 4) is 11.3 Å². The summed E-state index contributed by atoms with van der Waals surface area (Å²) in [6.45, 7) is 4.45. The van der Waals surface area contributed by atoms with E-state index < -0.39 is 0 Å². The Labute approximate surface area is 169 Å². The van der Waals surface area contributed by atoms with Crippen LogP contribution in [0.1, 0.15) is 25.0 Å². The highest BCUT2D eigenvalue weighted by molar-refractivity contribution is 6.25. The number of imidazole rings is 1. The first kappa shape index (κ1) is 16.5. The van der Waals surface area contributed by atoms with Crippen LogP contribution in [-0.4, -0.2) is 14.4 Å². The predicted molar refractivity (Wildman–Crippen MR) is 121 cm³/mol. The lowest BCUT2D eigenvalue weighted by atomic mass is 9.95. The molecule has 6 rings (SSSR count). The van der Waals surface area contributed by atoms with Crippen LogP contribution in [0.15, 0.2) is 67.1 Å². The molecule has 3 aromatic carbocycles. The Kier molecular flexibility index (Phi) is 3.42. The highest BCUT2D eigenvalue weighted by Gasteiger charge is 2.19. The maximum Gasteiger partial charge on any atom is 0.145 e. The second-order valence-corrected chi connectivity index (χ2v) is 7.69. The molecule has 0 spiro atoms. The minimum absolute atomic E-state index is 0.998. The van der Waals surface area contributed by atoms with Crippen molar-refractivity contribution in [1.82, 2.24) is 14.4 Å². The van der Waals surface area contributed by atoms with E-state index in [9.17, 15) is 0 Å². The summed E-state index contributed by atoms with van der Waals surface area (Å²) in [4.78, 5) is 9.50. The average Bonchev–Trinajstić information content (AvgIpc) is 3.22. The maximum absolute atomic E-state index is 4.93. The van der Waals surface area contributed by atoms with Gasteiger partial charge in [0.05, 0.1) is 23.6 Å². The molecule has 0 saturated carbocycles. The molecule has 0 N–H and O–H groups in total. The van der Waals surface area contributed by atoms with Crippen molar-refractivity contribution in [3.05, 3.63) is 78.2 Å². The van der Waals surface area contributed by atoms with Gasteiger partial charge >= 0.3 is 0 Å². The molecular weight excluding hydrogens is 354 g/mol. The third-order valence-corrected chi connectivity index (χ3v) is 6.24. The van der Waals surface area contributed by atoms with Crippen LogP contribution >= 0.6 is 0 Å². The molecule has 6 aromatic rings. The van der Waals surface area contributed by atoms with Crippen molar-refractivity contribution in [3.63, 3.8) is 0 Å². The molecule has 3 heteroatoms. The first-order valence-corrected chi connectivity index (χ1v) is 10.3. The summed E-state index contributed by atoms with van der Waals surface area (Å²) >= 11 is 0. The summed E-state index contributed by atoms with van der Waals surface area (Å²) < 4.78 is 2.32. The second-order valence-electron chi connectivity index (χ2n) is 7.69. The molecule has 0 fully saturated rings. The van der Waals surface area contributed by atoms with E-state index in [1.807, 2.05) is 18.6 Å². The smallest absolute Gasteiger partial charge is 0.145 e. The lowest BCUT2D eigenvalue weighted by Crippen LogP contribution is -2.00. The summed E-state index contributed by atoms with van der Waals surface area (Å²) in [5, 5.41) is 6.18. The zero-order valence-corrected chi connectivity index (χ0v) is 16.6. The van der Waals surface area contributed by atoms with E-state index in [4.69, 9.17) is 4.98 Å². The van der Waals surface area contributed by atoms with Crippen LogP contribution in [0.2, 0.25) is 0 Å². The first-order valence-electron chi connectivity index (χ1n) is 10.3. The first-order chi connectivity index (χ1) is 14.3. The number of pyridine rings is 2. The fraction of sp³-hybridized carbons (Fsp3) is 0.154. The lowest BCUT2D eigenvalue weighted by molar-refractivity contribution is 1.08. The summed E-state index contributed by atoms with van der Waals surface area (Å²) in [7, 11) is 0. The van der Waals surface area contributed by atoms with E-state index in [0.29, 0.717) is 0 Å². The van der Waals surface area contributed by atoms with Gasteiger partial charge in [0.15, 0.2) is 0 Å². The summed E-state index contributed by atoms with van der Waals surface area (Å²) in [5.41, 5.74) is 7.34. The van der Waals surface area contributed by atoms with Crippen molar-refractivity contribution in [2.45, 2.75) is 26.7 Å². The van der Waals surface area contributed by atoms with E-state index in [2.05, 4.69) is 71.8 Å². The molecule has 3 nitrogen and oxygen atoms in total. The molecule has 3 heterocycles. The van der Waals surface area contributed by atoms with Gasteiger partial charge in [-0.25, -0.2) is 4.98 Å². The number of aryl methyl sites for hydroxylation is 2. The molecule has 0 bridgehead atoms. The van der Waals surface area contributed by atoms with Gasteiger partial charge in [0.2, 0.25) is 0 Å². The van der Waals surface area contributed by atoms with Crippen LogP contribution in [0.3, 0.4) is 0 Å². The van der Waals surface area contributed by atoms with Crippen LogP contribution in [0.5, 0.6) is 0 Å². The Bertz CT molecular complexity index is 1500. The van der Waals surface area contributed by atoms with Gasteiger partial charge < -0.3 is 0 Å². The number of nitrogens with zero attached hydrogens (tertiary/aromatic N) is 3. The zero-order chi connectivity index (χ0) is 19.5. The lowest BCUT2D eigenvalue weighted by Gasteiger charge is -2.16. The van der Waals surface area contributed by atoms with Crippen molar-refractivity contribution < 1.29 is 0 Å². The Morgan fingerprint density at radius 1 is 0.759 bits per heavy atom. The van der Waals surface area contributed by atoms with Crippen molar-refractivity contribution in [2.75, 3.05) is 0 Å². The Morgan fingerprint density at radius 2 is 1.52 bits per heavy atom. The van der Waals surface area contributed by atoms with Gasteiger partial charge in [-0.15, -0.1) is 0 Å². The summed E-state index contributed by atoms with van der Waals surface area (Å²) in [5.74, 6) is 0. The molecule has 0 atom stereocenters. The van der Waals surface area contributed by atoms with E-state index in [1.54, 1.807) is 0 Å². The zero-order valence-electron chi connectivity index (χ0n) is 16.6. The molecule has 29 heavy (non-hydrogen) atoms. The van der Waals surface area contributed by atoms with Gasteiger partial charge in [0, 0.05) is 33.3 Å². The van der Waals surface area contributed by atoms with Crippen LogP contribution in [-0.2, 0) is 12.8 Å². The van der Waals surface area contributed by atoms with Crippen molar-refractivity contribution in [1.29, 1.82) is 0 Å². The standard InChI is InChI=1S/C26H21N3/c1-3-16-7-5-8-17(4-2)23(16)22-15-28-26-20-10-6-9-18-11-12-19-13-27-14-21(29(22)26)25(19)24(18)20/h5-15H,3-4H2,1-2H3. The third kappa shape index (κ3) is 2.13. The normalized spacial score (nSPS) is 12.1. The van der Waals surface area contributed by atoms with Crippen LogP contribution in [0, 0.1) is 0 Å². The molecule has 0 unspecified atom stereocenters. The fourth-order valence-electron chi connectivity index (χ4n) is 4.92. The van der Waals surface area contributed by atoms with Crippen LogP contribution in [0.4, 0.5) is 0 Å². The Balaban J connectivity index is 1.89. The fourth-order valence-corrected chi connectivity index (χ4v) is 4.92. The van der Waals surface area contributed by atoms with Gasteiger partial charge in [-0.3, -0.25) is 9.38 Å². The van der Waals surface area contributed by atoms with Gasteiger partial charge in [0.25, 0.3) is 0 Å². The van der Waals surface area contributed by atoms with E-state index >= 15 is 0 Å². The van der Waals surface area contributed by atoms with Gasteiger partial charge in [0.1, 0.15) is 5.65 Å². The number of fused-ring (bicyclic) bond motifs is 3. The number of benzene rings is 3. The minimum atomic E-state index is 0.998. The molecule has 0 amide bonds. The topological polar surface area (TPSA) is 30.2 Å². The monoisotopic (exact) mass is 375 g/mol. The quantitative estimate of drug-likeness (QED) is 0.334.